The van der Waals surface area contributed by atoms with E-state index in [2.05, 4.69) is 13.8 Å². The molecule has 212 valence electrons. The monoisotopic (exact) mass is 510 g/mol. The highest BCUT2D eigenvalue weighted by atomic mass is 16.7. The Labute approximate surface area is 212 Å². The second-order valence-corrected chi connectivity index (χ2v) is 12.2. The van der Waals surface area contributed by atoms with Crippen molar-refractivity contribution in [3.8, 4) is 0 Å². The highest BCUT2D eigenvalue weighted by Gasteiger charge is 2.30. The second kappa shape index (κ2) is 15.8. The molecular weight excluding hydrogens is 456 g/mol. The van der Waals surface area contributed by atoms with Crippen molar-refractivity contribution in [2.75, 3.05) is 59.6 Å². The topological polar surface area (TPSA) is 148 Å². The van der Waals surface area contributed by atoms with Gasteiger partial charge in [0, 0.05) is 27.8 Å². The van der Waals surface area contributed by atoms with Crippen molar-refractivity contribution in [2.24, 2.45) is 28.2 Å². The number of hydrogen-bond donors (Lipinski definition) is 4. The number of nitrogens with two attached hydrogens (primary N) is 2. The highest BCUT2D eigenvalue weighted by Crippen LogP contribution is 2.23. The van der Waals surface area contributed by atoms with Crippen LogP contribution < -0.4 is 11.5 Å². The lowest BCUT2D eigenvalue weighted by molar-refractivity contribution is -0.212. The van der Waals surface area contributed by atoms with Crippen molar-refractivity contribution >= 4 is 0 Å². The van der Waals surface area contributed by atoms with Crippen LogP contribution in [0, 0.1) is 16.7 Å². The summed E-state index contributed by atoms with van der Waals surface area (Å²) in [5, 5.41) is 18.3. The Morgan fingerprint density at radius 1 is 0.800 bits per heavy atom. The Morgan fingerprint density at radius 2 is 1.26 bits per heavy atom. The molecule has 1 saturated heterocycles. The van der Waals surface area contributed by atoms with Gasteiger partial charge in [-0.2, -0.15) is 0 Å². The molecule has 0 aromatic heterocycles. The minimum Gasteiger partial charge on any atom is -0.396 e. The van der Waals surface area contributed by atoms with E-state index < -0.39 is 11.7 Å². The van der Waals surface area contributed by atoms with Crippen LogP contribution in [0.2, 0.25) is 0 Å². The van der Waals surface area contributed by atoms with Gasteiger partial charge in [0.25, 0.3) is 0 Å². The molecule has 0 aromatic rings. The maximum Gasteiger partial charge on any atom is 0.160 e. The molecule has 0 radical (unpaired) electrons. The van der Waals surface area contributed by atoms with Crippen molar-refractivity contribution in [3.05, 3.63) is 0 Å². The van der Waals surface area contributed by atoms with Crippen molar-refractivity contribution in [1.29, 1.82) is 0 Å². The van der Waals surface area contributed by atoms with E-state index in [1.807, 2.05) is 34.6 Å². The van der Waals surface area contributed by atoms with Gasteiger partial charge < -0.3 is 50.1 Å². The summed E-state index contributed by atoms with van der Waals surface area (Å²) in [6, 6.07) is 0. The number of aliphatic hydroxyl groups is 2. The molecule has 10 nitrogen and oxygen atoms in total. The number of ether oxygens (including phenoxy) is 6. The summed E-state index contributed by atoms with van der Waals surface area (Å²) in [6.07, 6.45) is -0.651. The lowest BCUT2D eigenvalue weighted by Gasteiger charge is -2.34. The third kappa shape index (κ3) is 17.6. The van der Waals surface area contributed by atoms with Gasteiger partial charge in [0.2, 0.25) is 0 Å². The van der Waals surface area contributed by atoms with Gasteiger partial charge in [-0.15, -0.1) is 0 Å². The maximum atomic E-state index is 9.16. The molecule has 6 N–H and O–H groups in total. The van der Waals surface area contributed by atoms with Gasteiger partial charge >= 0.3 is 0 Å². The van der Waals surface area contributed by atoms with E-state index in [1.165, 1.54) is 0 Å². The fourth-order valence-electron chi connectivity index (χ4n) is 2.61. The van der Waals surface area contributed by atoms with Crippen LogP contribution in [0.15, 0.2) is 0 Å². The molecule has 1 unspecified atom stereocenters. The van der Waals surface area contributed by atoms with Crippen LogP contribution in [0.1, 0.15) is 62.3 Å². The third-order valence-electron chi connectivity index (χ3n) is 4.95. The van der Waals surface area contributed by atoms with E-state index in [1.54, 1.807) is 13.8 Å². The Balaban J connectivity index is 0.000000672. The summed E-state index contributed by atoms with van der Waals surface area (Å²) < 4.78 is 33.0. The molecule has 1 aliphatic heterocycles. The maximum absolute atomic E-state index is 9.16. The first kappa shape index (κ1) is 34.6. The van der Waals surface area contributed by atoms with E-state index in [-0.39, 0.29) is 48.5 Å². The van der Waals surface area contributed by atoms with Crippen LogP contribution in [-0.2, 0) is 28.4 Å². The van der Waals surface area contributed by atoms with E-state index >= 15 is 0 Å². The summed E-state index contributed by atoms with van der Waals surface area (Å²) in [7, 11) is 0. The van der Waals surface area contributed by atoms with Gasteiger partial charge in [-0.25, -0.2) is 0 Å². The molecule has 0 spiro atoms. The molecule has 1 rings (SSSR count). The van der Waals surface area contributed by atoms with Gasteiger partial charge in [-0.1, -0.05) is 27.7 Å². The minimum absolute atomic E-state index is 0.129. The van der Waals surface area contributed by atoms with Crippen molar-refractivity contribution in [2.45, 2.75) is 86.0 Å². The number of rotatable bonds is 15. The molecule has 0 saturated carbocycles. The smallest absolute Gasteiger partial charge is 0.160 e. The predicted octanol–water partition coefficient (Wildman–Crippen LogP) is 1.84. The quantitative estimate of drug-likeness (QED) is 0.241. The van der Waals surface area contributed by atoms with Gasteiger partial charge in [0.05, 0.1) is 52.9 Å². The van der Waals surface area contributed by atoms with Crippen LogP contribution >= 0.6 is 0 Å². The first-order chi connectivity index (χ1) is 15.9. The number of aliphatic hydroxyl groups excluding tert-OH is 2. The average Bonchev–Trinajstić information content (AvgIpc) is 2.75. The predicted molar refractivity (Wildman–Crippen MR) is 136 cm³/mol. The van der Waals surface area contributed by atoms with Gasteiger partial charge in [0.1, 0.15) is 6.79 Å². The summed E-state index contributed by atoms with van der Waals surface area (Å²) >= 11 is 0. The molecule has 0 aliphatic carbocycles. The summed E-state index contributed by atoms with van der Waals surface area (Å²) in [4.78, 5) is 0. The van der Waals surface area contributed by atoms with Crippen LogP contribution in [0.5, 0.6) is 0 Å². The number of hydrogen-bond acceptors (Lipinski definition) is 10. The largest absolute Gasteiger partial charge is 0.396 e. The Bertz CT molecular complexity index is 521. The zero-order valence-electron chi connectivity index (χ0n) is 23.6. The van der Waals surface area contributed by atoms with Crippen molar-refractivity contribution in [1.82, 2.24) is 0 Å². The standard InChI is InChI=1S/C13H26O6.C12H28N2O2/c1-11(18-8-12(2,4-14)5-15)19-9-13(3)6-16-10-17-7-13;1-9(2)10(15-7-11(3,4)13)16-8-12(5,6)14/h11,14-15H,4-10H2,1-3H3;9-10H,7-8,13-14H2,1-6H3. The minimum atomic E-state index is -0.640. The average molecular weight is 511 g/mol. The zero-order chi connectivity index (χ0) is 27.3. The molecule has 10 heteroatoms. The molecular formula is C25H54N2O8. The molecule has 0 aromatic carbocycles. The summed E-state index contributed by atoms with van der Waals surface area (Å²) in [5.41, 5.74) is 10.2. The van der Waals surface area contributed by atoms with Gasteiger partial charge in [-0.3, -0.25) is 0 Å². The lowest BCUT2D eigenvalue weighted by Crippen LogP contribution is -2.43. The fourth-order valence-corrected chi connectivity index (χ4v) is 2.61. The van der Waals surface area contributed by atoms with Crippen LogP contribution in [0.25, 0.3) is 0 Å². The van der Waals surface area contributed by atoms with E-state index in [9.17, 15) is 0 Å². The zero-order valence-corrected chi connectivity index (χ0v) is 23.6. The van der Waals surface area contributed by atoms with Crippen molar-refractivity contribution in [3.63, 3.8) is 0 Å². The first-order valence-corrected chi connectivity index (χ1v) is 12.4. The molecule has 1 fully saturated rings. The Hall–Kier alpha value is -0.400. The third-order valence-corrected chi connectivity index (χ3v) is 4.95. The van der Waals surface area contributed by atoms with Crippen LogP contribution in [-0.4, -0.2) is 93.5 Å². The van der Waals surface area contributed by atoms with Gasteiger partial charge in [0.15, 0.2) is 12.6 Å². The van der Waals surface area contributed by atoms with Crippen LogP contribution in [0.3, 0.4) is 0 Å². The van der Waals surface area contributed by atoms with E-state index in [0.29, 0.717) is 39.8 Å². The normalized spacial score (nSPS) is 17.9. The molecule has 1 heterocycles. The molecule has 1 atom stereocenters. The first-order valence-electron chi connectivity index (χ1n) is 12.4. The molecule has 0 amide bonds. The second-order valence-electron chi connectivity index (χ2n) is 12.2. The summed E-state index contributed by atoms with van der Waals surface area (Å²) in [5.74, 6) is 0.282. The van der Waals surface area contributed by atoms with E-state index in [4.69, 9.17) is 50.1 Å². The van der Waals surface area contributed by atoms with Crippen LogP contribution in [0.4, 0.5) is 0 Å². The molecule has 35 heavy (non-hydrogen) atoms. The van der Waals surface area contributed by atoms with Crippen molar-refractivity contribution < 1.29 is 38.6 Å². The highest BCUT2D eigenvalue weighted by molar-refractivity contribution is 4.76. The fraction of sp³-hybridized carbons (Fsp3) is 1.00. The summed E-state index contributed by atoms with van der Waals surface area (Å²) in [6.45, 7) is 20.3. The van der Waals surface area contributed by atoms with E-state index in [0.717, 1.165) is 0 Å². The Kier molecular flexibility index (Phi) is 15.6. The lowest BCUT2D eigenvalue weighted by atomic mass is 9.94. The molecule has 1 aliphatic rings. The SMILES string of the molecule is CC(C)C(OCC(C)(C)N)OCC(C)(C)N.CC(OCC(C)(CO)CO)OCC1(C)COCOC1. The van der Waals surface area contributed by atoms with Gasteiger partial charge in [-0.05, 0) is 34.6 Å². The molecule has 0 bridgehead atoms. The Morgan fingerprint density at radius 3 is 1.63 bits per heavy atom.